The Morgan fingerprint density at radius 3 is 2.31 bits per heavy atom. The Balaban J connectivity index is 1.06. The van der Waals surface area contributed by atoms with Gasteiger partial charge in [-0.25, -0.2) is 19.6 Å². The first-order chi connectivity index (χ1) is 32.1. The molecular formula is C47H62ClF3N8O8S. The van der Waals surface area contributed by atoms with E-state index in [1.807, 2.05) is 51.8 Å². The van der Waals surface area contributed by atoms with E-state index in [0.29, 0.717) is 89.9 Å². The van der Waals surface area contributed by atoms with Gasteiger partial charge in [0.1, 0.15) is 58.7 Å². The minimum Gasteiger partial charge on any atom is -0.491 e. The van der Waals surface area contributed by atoms with Crippen molar-refractivity contribution in [3.63, 3.8) is 0 Å². The van der Waals surface area contributed by atoms with E-state index in [9.17, 15) is 37.5 Å². The molecule has 4 heterocycles. The molecule has 5 fully saturated rings. The van der Waals surface area contributed by atoms with Gasteiger partial charge in [-0.1, -0.05) is 45.7 Å². The van der Waals surface area contributed by atoms with Crippen molar-refractivity contribution in [1.29, 1.82) is 0 Å². The molecule has 1 unspecified atom stereocenters. The van der Waals surface area contributed by atoms with Gasteiger partial charge in [0.15, 0.2) is 5.13 Å². The van der Waals surface area contributed by atoms with E-state index in [-0.39, 0.29) is 49.1 Å². The number of pyridine rings is 1. The lowest BCUT2D eigenvalue weighted by molar-refractivity contribution is -0.149. The number of rotatable bonds is 17. The van der Waals surface area contributed by atoms with Gasteiger partial charge in [0.05, 0.1) is 24.3 Å². The summed E-state index contributed by atoms with van der Waals surface area (Å²) in [6, 6.07) is 3.01. The van der Waals surface area contributed by atoms with E-state index >= 15 is 0 Å². The van der Waals surface area contributed by atoms with E-state index in [2.05, 4.69) is 16.0 Å². The molecule has 3 aromatic rings. The van der Waals surface area contributed by atoms with Crippen LogP contribution in [0.3, 0.4) is 0 Å². The van der Waals surface area contributed by atoms with Crippen LogP contribution in [0.2, 0.25) is 5.02 Å². The van der Waals surface area contributed by atoms with Crippen molar-refractivity contribution < 1.29 is 51.7 Å². The number of carboxylic acids is 1. The van der Waals surface area contributed by atoms with Gasteiger partial charge in [-0.2, -0.15) is 13.2 Å². The second-order valence-corrected chi connectivity index (χ2v) is 21.7. The Kier molecular flexibility index (Phi) is 14.4. The molecule has 68 heavy (non-hydrogen) atoms. The number of nitrogens with one attached hydrogen (secondary N) is 3. The number of aromatic nitrogens is 2. The van der Waals surface area contributed by atoms with Crippen LogP contribution in [0.15, 0.2) is 23.6 Å². The number of alkyl halides is 3. The van der Waals surface area contributed by atoms with Crippen molar-refractivity contribution in [2.45, 2.75) is 122 Å². The minimum absolute atomic E-state index is 0.00603. The highest BCUT2D eigenvalue weighted by Crippen LogP contribution is 2.52. The molecule has 5 aliphatic rings. The van der Waals surface area contributed by atoms with Crippen LogP contribution in [0.1, 0.15) is 80.1 Å². The number of carboxylic acid groups (broad SMARTS) is 1. The Morgan fingerprint density at radius 2 is 1.68 bits per heavy atom. The zero-order valence-corrected chi connectivity index (χ0v) is 40.9. The van der Waals surface area contributed by atoms with Crippen molar-refractivity contribution in [3.05, 3.63) is 28.6 Å². The molecule has 8 rings (SSSR count). The highest BCUT2D eigenvalue weighted by atomic mass is 35.5. The smallest absolute Gasteiger partial charge is 0.408 e. The zero-order chi connectivity index (χ0) is 48.9. The Hall–Kier alpha value is -4.66. The molecule has 2 saturated heterocycles. The van der Waals surface area contributed by atoms with Crippen molar-refractivity contribution in [3.8, 4) is 22.9 Å². The van der Waals surface area contributed by atoms with Gasteiger partial charge in [0, 0.05) is 62.0 Å². The predicted octanol–water partition coefficient (Wildman–Crippen LogP) is 7.05. The van der Waals surface area contributed by atoms with Crippen LogP contribution in [0, 0.1) is 23.2 Å². The van der Waals surface area contributed by atoms with Gasteiger partial charge in [0.25, 0.3) is 0 Å². The van der Waals surface area contributed by atoms with Crippen LogP contribution in [0.5, 0.6) is 11.5 Å². The average molecular weight is 992 g/mol. The quantitative estimate of drug-likeness (QED) is 0.108. The van der Waals surface area contributed by atoms with E-state index < -0.39 is 65.7 Å². The van der Waals surface area contributed by atoms with Crippen LogP contribution < -0.4 is 25.4 Å². The van der Waals surface area contributed by atoms with Crippen LogP contribution in [-0.4, -0.2) is 148 Å². The van der Waals surface area contributed by atoms with Gasteiger partial charge >= 0.3 is 18.2 Å². The first kappa shape index (κ1) is 49.8. The number of benzene rings is 1. The fourth-order valence-corrected chi connectivity index (χ4v) is 11.1. The van der Waals surface area contributed by atoms with Crippen LogP contribution >= 0.6 is 22.9 Å². The maximum Gasteiger partial charge on any atom is 0.408 e. The Bertz CT molecular complexity index is 2370. The number of nitrogens with zero attached hydrogens (tertiary/aromatic N) is 5. The Morgan fingerprint density at radius 1 is 0.971 bits per heavy atom. The molecule has 8 atom stereocenters. The lowest BCUT2D eigenvalue weighted by Gasteiger charge is -2.35. The third-order valence-electron chi connectivity index (χ3n) is 13.9. The number of amides is 3. The summed E-state index contributed by atoms with van der Waals surface area (Å²) in [5.74, 6) is -0.771. The molecule has 372 valence electrons. The fraction of sp³-hybridized carbons (Fsp3) is 0.660. The molecule has 16 nitrogen and oxygen atoms in total. The number of thiazole rings is 1. The normalized spacial score (nSPS) is 26.6. The van der Waals surface area contributed by atoms with Crippen molar-refractivity contribution in [1.82, 2.24) is 35.3 Å². The van der Waals surface area contributed by atoms with Crippen molar-refractivity contribution >= 4 is 62.8 Å². The number of anilines is 1. The number of likely N-dealkylation sites (tertiary alicyclic amines) is 1. The first-order valence-corrected chi connectivity index (χ1v) is 24.9. The van der Waals surface area contributed by atoms with E-state index in [4.69, 9.17) is 35.8 Å². The third-order valence-corrected chi connectivity index (χ3v) is 15.0. The minimum atomic E-state index is -4.25. The van der Waals surface area contributed by atoms with Crippen molar-refractivity contribution in [2.24, 2.45) is 23.2 Å². The number of carbonyl (C=O) groups is 4. The number of piperazine rings is 1. The first-order valence-electron chi connectivity index (χ1n) is 23.6. The number of ether oxygens (including phenoxy) is 3. The summed E-state index contributed by atoms with van der Waals surface area (Å²) in [5, 5.41) is 22.4. The molecule has 3 saturated carbocycles. The number of carbonyl (C=O) groups excluding carboxylic acids is 3. The molecule has 21 heteroatoms. The number of alkyl carbamates (subject to hydrolysis) is 1. The summed E-state index contributed by atoms with van der Waals surface area (Å²) in [6.45, 7) is 12.5. The zero-order valence-electron chi connectivity index (χ0n) is 39.3. The van der Waals surface area contributed by atoms with Crippen LogP contribution in [0.25, 0.3) is 22.3 Å². The van der Waals surface area contributed by atoms with Crippen LogP contribution in [-0.2, 0) is 19.1 Å². The molecule has 3 amide bonds. The molecule has 1 aromatic carbocycles. The number of fused-ring (bicyclic) bond motifs is 2. The molecule has 0 spiro atoms. The standard InChI is InChI=1S/C47H62ClF3N8O8S/c1-7-28-21-46(28,42(62)63)56-40(60)34-19-30(22-59(34)41(61)39(45(4,5)6)55-44(64)67-29-17-26-16-27(26)18-29)66-36-20-32(33-23-68-43(54-33)52-25(2)3)53-38-31(36)8-9-35(37(38)48)65-15-14-57-10-12-58(13-11-57)24-47(49,50)51/h8-9,20,23,25-30,34,39H,7,10-19,21-22,24H2,1-6H3,(H,52,54)(H,55,64)(H,56,60)(H,62,63)/t26-,27+,28-,29?,30-,34+,39-,46-/m1/s1. The van der Waals surface area contributed by atoms with Gasteiger partial charge in [-0.3, -0.25) is 19.4 Å². The largest absolute Gasteiger partial charge is 0.491 e. The maximum atomic E-state index is 14.8. The monoisotopic (exact) mass is 990 g/mol. The number of aliphatic carboxylic acids is 1. The highest BCUT2D eigenvalue weighted by Gasteiger charge is 2.61. The summed E-state index contributed by atoms with van der Waals surface area (Å²) < 4.78 is 57.6. The lowest BCUT2D eigenvalue weighted by atomic mass is 9.85. The van der Waals surface area contributed by atoms with E-state index in [1.54, 1.807) is 18.2 Å². The van der Waals surface area contributed by atoms with Gasteiger partial charge in [0.2, 0.25) is 11.8 Å². The fourth-order valence-electron chi connectivity index (χ4n) is 9.98. The summed E-state index contributed by atoms with van der Waals surface area (Å²) in [5.41, 5.74) is -0.986. The summed E-state index contributed by atoms with van der Waals surface area (Å²) in [6.07, 6.45) is -2.45. The molecular weight excluding hydrogens is 929 g/mol. The highest BCUT2D eigenvalue weighted by molar-refractivity contribution is 7.14. The second-order valence-electron chi connectivity index (χ2n) is 20.5. The number of hydrogen-bond acceptors (Lipinski definition) is 13. The Labute approximate surface area is 403 Å². The van der Waals surface area contributed by atoms with Crippen LogP contribution in [0.4, 0.5) is 23.1 Å². The summed E-state index contributed by atoms with van der Waals surface area (Å²) in [4.78, 5) is 69.6. The third kappa shape index (κ3) is 11.3. The maximum absolute atomic E-state index is 14.8. The average Bonchev–Trinajstić information content (AvgIpc) is 3.93. The lowest BCUT2D eigenvalue weighted by Crippen LogP contribution is -2.59. The molecule has 0 radical (unpaired) electrons. The topological polar surface area (TPSA) is 188 Å². The molecule has 0 bridgehead atoms. The molecule has 2 aliphatic heterocycles. The van der Waals surface area contributed by atoms with Gasteiger partial charge < -0.3 is 40.2 Å². The van der Waals surface area contributed by atoms with Gasteiger partial charge in [-0.15, -0.1) is 11.3 Å². The number of halogens is 4. The second kappa shape index (κ2) is 19.6. The summed E-state index contributed by atoms with van der Waals surface area (Å²) in [7, 11) is 0. The summed E-state index contributed by atoms with van der Waals surface area (Å²) >= 11 is 8.49. The molecule has 4 N–H and O–H groups in total. The molecule has 3 aliphatic carbocycles. The van der Waals surface area contributed by atoms with Gasteiger partial charge in [-0.05, 0) is 74.8 Å². The van der Waals surface area contributed by atoms with E-state index in [1.165, 1.54) is 21.1 Å². The number of hydrogen-bond donors (Lipinski definition) is 4. The predicted molar refractivity (Wildman–Crippen MR) is 250 cm³/mol. The van der Waals surface area contributed by atoms with E-state index in [0.717, 1.165) is 19.3 Å². The molecule has 2 aromatic heterocycles. The van der Waals surface area contributed by atoms with Crippen molar-refractivity contribution in [2.75, 3.05) is 57.7 Å². The SMILES string of the molecule is CC[C@@H]1C[C@]1(NC(=O)[C@@H]1C[C@@H](Oc2cc(-c3csc(NC(C)C)n3)nc3c(Cl)c(OCCN4CCN(CC(F)(F)F)CC4)ccc23)CN1C(=O)[C@@H](NC(=O)OC1C[C@@H]2C[C@@H]2C1)C(C)(C)C)C(=O)O.